The topological polar surface area (TPSA) is 66.6 Å². The maximum absolute atomic E-state index is 8.01. The van der Waals surface area contributed by atoms with E-state index in [0.29, 0.717) is 11.0 Å². The van der Waals surface area contributed by atoms with Crippen molar-refractivity contribution >= 4 is 11.6 Å². The van der Waals surface area contributed by atoms with Gasteiger partial charge in [0.05, 0.1) is 12.7 Å². The molecule has 1 aromatic rings. The molecule has 0 N–H and O–H groups in total. The van der Waals surface area contributed by atoms with E-state index in [1.807, 2.05) is 0 Å². The van der Waals surface area contributed by atoms with Gasteiger partial charge in [0, 0.05) is 12.0 Å². The summed E-state index contributed by atoms with van der Waals surface area (Å²) in [7, 11) is 1.76. The molecule has 0 saturated heterocycles. The van der Waals surface area contributed by atoms with Crippen LogP contribution in [-0.2, 0) is 13.6 Å². The molecule has 6 heteroatoms. The van der Waals surface area contributed by atoms with Crippen molar-refractivity contribution in [2.24, 2.45) is 12.2 Å². The van der Waals surface area contributed by atoms with Crippen LogP contribution in [0.2, 0.25) is 5.15 Å². The van der Waals surface area contributed by atoms with Crippen molar-refractivity contribution in [3.05, 3.63) is 27.6 Å². The summed E-state index contributed by atoms with van der Waals surface area (Å²) in [6, 6.07) is 0. The minimum Gasteiger partial charge on any atom is -0.322 e. The maximum Gasteiger partial charge on any atom is 0.128 e. The molecular formula is C5H6ClN5. The molecule has 1 heterocycles. The van der Waals surface area contributed by atoms with E-state index in [-0.39, 0.29) is 6.54 Å². The highest BCUT2D eigenvalue weighted by Crippen LogP contribution is 2.09. The van der Waals surface area contributed by atoms with Crippen LogP contribution >= 0.6 is 11.6 Å². The Balaban J connectivity index is 2.86. The summed E-state index contributed by atoms with van der Waals surface area (Å²) in [4.78, 5) is 6.53. The summed E-state index contributed by atoms with van der Waals surface area (Å²) in [6.07, 6.45) is 1.52. The van der Waals surface area contributed by atoms with Crippen molar-refractivity contribution in [3.8, 4) is 0 Å². The fourth-order valence-corrected chi connectivity index (χ4v) is 0.812. The van der Waals surface area contributed by atoms with Crippen LogP contribution in [-0.4, -0.2) is 9.55 Å². The van der Waals surface area contributed by atoms with Gasteiger partial charge in [-0.05, 0) is 5.53 Å². The first-order chi connectivity index (χ1) is 5.25. The molecule has 5 nitrogen and oxygen atoms in total. The van der Waals surface area contributed by atoms with Crippen molar-refractivity contribution in [2.75, 3.05) is 0 Å². The first kappa shape index (κ1) is 7.91. The van der Waals surface area contributed by atoms with E-state index in [9.17, 15) is 0 Å². The van der Waals surface area contributed by atoms with Crippen LogP contribution in [0.4, 0.5) is 0 Å². The van der Waals surface area contributed by atoms with E-state index in [1.54, 1.807) is 11.6 Å². The first-order valence-corrected chi connectivity index (χ1v) is 3.30. The van der Waals surface area contributed by atoms with E-state index < -0.39 is 0 Å². The van der Waals surface area contributed by atoms with Crippen molar-refractivity contribution in [2.45, 2.75) is 6.54 Å². The van der Waals surface area contributed by atoms with Gasteiger partial charge in [-0.3, -0.25) is 0 Å². The highest BCUT2D eigenvalue weighted by atomic mass is 35.5. The molecule has 1 aromatic heterocycles. The molecule has 0 amide bonds. The summed E-state index contributed by atoms with van der Waals surface area (Å²) in [5, 5.41) is 3.89. The van der Waals surface area contributed by atoms with Crippen LogP contribution in [0.3, 0.4) is 0 Å². The third-order valence-electron chi connectivity index (χ3n) is 1.30. The van der Waals surface area contributed by atoms with E-state index in [0.717, 1.165) is 0 Å². The van der Waals surface area contributed by atoms with Gasteiger partial charge in [0.2, 0.25) is 0 Å². The van der Waals surface area contributed by atoms with Crippen LogP contribution in [0, 0.1) is 0 Å². The number of rotatable bonds is 2. The Morgan fingerprint density at radius 3 is 3.09 bits per heavy atom. The third-order valence-corrected chi connectivity index (χ3v) is 1.65. The van der Waals surface area contributed by atoms with Gasteiger partial charge < -0.3 is 4.57 Å². The average Bonchev–Trinajstić information content (AvgIpc) is 2.31. The van der Waals surface area contributed by atoms with E-state index in [1.165, 1.54) is 6.20 Å². The van der Waals surface area contributed by atoms with Gasteiger partial charge in [0.15, 0.2) is 0 Å². The number of halogens is 1. The largest absolute Gasteiger partial charge is 0.322 e. The minimum absolute atomic E-state index is 0.236. The van der Waals surface area contributed by atoms with E-state index in [4.69, 9.17) is 17.1 Å². The minimum atomic E-state index is 0.236. The Kier molecular flexibility index (Phi) is 2.36. The second kappa shape index (κ2) is 3.27. The Morgan fingerprint density at radius 2 is 2.64 bits per heavy atom. The van der Waals surface area contributed by atoms with Gasteiger partial charge in [-0.25, -0.2) is 4.98 Å². The Hall–Kier alpha value is -1.19. The lowest BCUT2D eigenvalue weighted by atomic mass is 10.6. The van der Waals surface area contributed by atoms with Crippen molar-refractivity contribution in [1.82, 2.24) is 9.55 Å². The average molecular weight is 172 g/mol. The lowest BCUT2D eigenvalue weighted by molar-refractivity contribution is 0.791. The molecule has 0 aliphatic rings. The molecular weight excluding hydrogens is 166 g/mol. The van der Waals surface area contributed by atoms with Gasteiger partial charge in [-0.2, -0.15) is 0 Å². The molecule has 0 radical (unpaired) electrons. The molecule has 1 rings (SSSR count). The van der Waals surface area contributed by atoms with Crippen molar-refractivity contribution < 1.29 is 0 Å². The second-order valence-electron chi connectivity index (χ2n) is 1.95. The second-order valence-corrected chi connectivity index (χ2v) is 2.33. The van der Waals surface area contributed by atoms with Gasteiger partial charge >= 0.3 is 0 Å². The van der Waals surface area contributed by atoms with Crippen molar-refractivity contribution in [1.29, 1.82) is 0 Å². The van der Waals surface area contributed by atoms with Crippen LogP contribution < -0.4 is 0 Å². The van der Waals surface area contributed by atoms with Gasteiger partial charge in [0.1, 0.15) is 11.0 Å². The predicted molar refractivity (Wildman–Crippen MR) is 41.1 cm³/mol. The van der Waals surface area contributed by atoms with Gasteiger partial charge in [-0.1, -0.05) is 16.7 Å². The third kappa shape index (κ3) is 1.63. The quantitative estimate of drug-likeness (QED) is 0.381. The number of imidazole rings is 1. The zero-order valence-corrected chi connectivity index (χ0v) is 6.65. The molecule has 0 atom stereocenters. The molecule has 0 fully saturated rings. The standard InChI is InChI=1S/C5H6ClN5/c1-11-4(6)2-8-5(11)3-9-10-7/h2H,3H2,1H3. The smallest absolute Gasteiger partial charge is 0.128 e. The molecule has 0 aliphatic heterocycles. The summed E-state index contributed by atoms with van der Waals surface area (Å²) < 4.78 is 1.66. The predicted octanol–water partition coefficient (Wildman–Crippen LogP) is 1.88. The summed E-state index contributed by atoms with van der Waals surface area (Å²) in [5.41, 5.74) is 8.01. The van der Waals surface area contributed by atoms with Crippen LogP contribution in [0.5, 0.6) is 0 Å². The number of nitrogens with zero attached hydrogens (tertiary/aromatic N) is 5. The highest BCUT2D eigenvalue weighted by molar-refractivity contribution is 6.29. The monoisotopic (exact) mass is 171 g/mol. The number of aromatic nitrogens is 2. The summed E-state index contributed by atoms with van der Waals surface area (Å²) in [6.45, 7) is 0.236. The zero-order valence-electron chi connectivity index (χ0n) is 5.90. The highest BCUT2D eigenvalue weighted by Gasteiger charge is 2.01. The lowest BCUT2D eigenvalue weighted by Gasteiger charge is -1.95. The van der Waals surface area contributed by atoms with Crippen LogP contribution in [0.15, 0.2) is 11.3 Å². The van der Waals surface area contributed by atoms with Gasteiger partial charge in [0.25, 0.3) is 0 Å². The molecule has 0 bridgehead atoms. The van der Waals surface area contributed by atoms with Crippen molar-refractivity contribution in [3.63, 3.8) is 0 Å². The van der Waals surface area contributed by atoms with Crippen LogP contribution in [0.1, 0.15) is 5.82 Å². The van der Waals surface area contributed by atoms with Gasteiger partial charge in [-0.15, -0.1) is 0 Å². The molecule has 11 heavy (non-hydrogen) atoms. The Morgan fingerprint density at radius 1 is 1.91 bits per heavy atom. The molecule has 0 aliphatic carbocycles. The molecule has 0 saturated carbocycles. The number of hydrogen-bond acceptors (Lipinski definition) is 2. The van der Waals surface area contributed by atoms with E-state index in [2.05, 4.69) is 15.0 Å². The SMILES string of the molecule is Cn1c(Cl)cnc1CN=[N+]=[N-]. The molecule has 0 aromatic carbocycles. The number of azide groups is 1. The number of hydrogen-bond donors (Lipinski definition) is 0. The zero-order chi connectivity index (χ0) is 8.27. The normalized spacial score (nSPS) is 9.27. The fraction of sp³-hybridized carbons (Fsp3) is 0.400. The Labute approximate surface area is 68.2 Å². The molecule has 58 valence electrons. The maximum atomic E-state index is 8.01. The summed E-state index contributed by atoms with van der Waals surface area (Å²) >= 11 is 5.67. The molecule has 0 unspecified atom stereocenters. The lowest BCUT2D eigenvalue weighted by Crippen LogP contribution is -1.95. The molecule has 0 spiro atoms. The Bertz CT molecular complexity index is 298. The van der Waals surface area contributed by atoms with E-state index >= 15 is 0 Å². The first-order valence-electron chi connectivity index (χ1n) is 2.92. The fourth-order valence-electron chi connectivity index (χ4n) is 0.666. The summed E-state index contributed by atoms with van der Waals surface area (Å²) in [5.74, 6) is 0.660. The van der Waals surface area contributed by atoms with Crippen LogP contribution in [0.25, 0.3) is 10.4 Å².